The summed E-state index contributed by atoms with van der Waals surface area (Å²) in [6.07, 6.45) is 0. The lowest BCUT2D eigenvalue weighted by Crippen LogP contribution is -2.42. The fourth-order valence-electron chi connectivity index (χ4n) is 2.44. The molecule has 0 radical (unpaired) electrons. The van der Waals surface area contributed by atoms with Crippen LogP contribution in [0.4, 0.5) is 0 Å². The summed E-state index contributed by atoms with van der Waals surface area (Å²) in [5.41, 5.74) is -1.83. The molecule has 0 amide bonds. The number of benzene rings is 1. The van der Waals surface area contributed by atoms with E-state index in [1.807, 2.05) is 57.6 Å². The van der Waals surface area contributed by atoms with E-state index >= 15 is 0 Å². The van der Waals surface area contributed by atoms with Gasteiger partial charge in [-0.2, -0.15) is 0 Å². The summed E-state index contributed by atoms with van der Waals surface area (Å²) in [5, 5.41) is 10.7. The zero-order valence-corrected chi connectivity index (χ0v) is 14.8. The van der Waals surface area contributed by atoms with Gasteiger partial charge in [0.2, 0.25) is 0 Å². The van der Waals surface area contributed by atoms with Gasteiger partial charge in [0, 0.05) is 5.56 Å². The van der Waals surface area contributed by atoms with Crippen LogP contribution in [0, 0.1) is 0 Å². The van der Waals surface area contributed by atoms with Crippen molar-refractivity contribution in [2.45, 2.75) is 52.4 Å². The summed E-state index contributed by atoms with van der Waals surface area (Å²) >= 11 is 0. The molecule has 0 saturated heterocycles. The van der Waals surface area contributed by atoms with Crippen LogP contribution in [0.3, 0.4) is 0 Å². The van der Waals surface area contributed by atoms with Gasteiger partial charge in [-0.1, -0.05) is 47.6 Å². The number of aromatic nitrogens is 3. The number of hydrogen-bond acceptors (Lipinski definition) is 4. The zero-order valence-electron chi connectivity index (χ0n) is 14.8. The maximum atomic E-state index is 12.1. The Kier molecular flexibility index (Phi) is 4.08. The fraction of sp³-hybridized carbons (Fsp3) is 0.471. The lowest BCUT2D eigenvalue weighted by molar-refractivity contribution is 0.440. The van der Waals surface area contributed by atoms with E-state index in [0.717, 1.165) is 10.1 Å². The maximum Gasteiger partial charge on any atom is 0.338 e. The molecule has 2 aromatic rings. The van der Waals surface area contributed by atoms with Gasteiger partial charge in [-0.3, -0.25) is 9.97 Å². The van der Waals surface area contributed by atoms with E-state index in [1.54, 1.807) is 6.07 Å². The highest BCUT2D eigenvalue weighted by atomic mass is 16.3. The summed E-state index contributed by atoms with van der Waals surface area (Å²) in [6.45, 7) is 11.8. The van der Waals surface area contributed by atoms with Crippen molar-refractivity contribution in [1.29, 1.82) is 0 Å². The number of phenols is 1. The number of hydrogen-bond donors (Lipinski definition) is 3. The summed E-state index contributed by atoms with van der Waals surface area (Å²) in [4.78, 5) is 39.5. The second kappa shape index (κ2) is 5.51. The Balaban J connectivity index is 2.97. The molecule has 0 aliphatic heterocycles. The van der Waals surface area contributed by atoms with Crippen LogP contribution in [0.1, 0.15) is 52.7 Å². The molecule has 3 N–H and O–H groups in total. The monoisotopic (exact) mass is 333 g/mol. The van der Waals surface area contributed by atoms with Crippen molar-refractivity contribution in [1.82, 2.24) is 14.5 Å². The molecule has 24 heavy (non-hydrogen) atoms. The molecule has 1 heterocycles. The highest BCUT2D eigenvalue weighted by Gasteiger charge is 2.26. The Bertz CT molecular complexity index is 916. The Morgan fingerprint density at radius 1 is 0.875 bits per heavy atom. The lowest BCUT2D eigenvalue weighted by atomic mass is 9.79. The second-order valence-electron chi connectivity index (χ2n) is 7.92. The van der Waals surface area contributed by atoms with Gasteiger partial charge >= 0.3 is 17.1 Å². The van der Waals surface area contributed by atoms with E-state index in [4.69, 9.17) is 0 Å². The van der Waals surface area contributed by atoms with Gasteiger partial charge in [0.05, 0.1) is 5.69 Å². The SMILES string of the molecule is CC(C)(C)c1cc(-n2c(=O)[nH]c(=O)[nH]c2=O)c(O)c(C(C)(C)C)c1. The molecule has 1 aromatic carbocycles. The lowest BCUT2D eigenvalue weighted by Gasteiger charge is -2.27. The molecule has 7 heteroatoms. The fourth-order valence-corrected chi connectivity index (χ4v) is 2.44. The van der Waals surface area contributed by atoms with Crippen LogP contribution in [0.15, 0.2) is 26.5 Å². The standard InChI is InChI=1S/C17H23N3O4/c1-16(2,3)9-7-10(17(4,5)6)12(21)11(8-9)20-14(23)18-13(22)19-15(20)24/h7-8,21H,1-6H3,(H2,18,19,22,23,24). The quantitative estimate of drug-likeness (QED) is 0.735. The van der Waals surface area contributed by atoms with Crippen LogP contribution in [0.5, 0.6) is 5.75 Å². The summed E-state index contributed by atoms with van der Waals surface area (Å²) in [7, 11) is 0. The molecule has 7 nitrogen and oxygen atoms in total. The Hall–Kier alpha value is -2.57. The van der Waals surface area contributed by atoms with Crippen LogP contribution in [-0.2, 0) is 10.8 Å². The summed E-state index contributed by atoms with van der Waals surface area (Å²) in [6, 6.07) is 3.48. The minimum Gasteiger partial charge on any atom is -0.505 e. The molecule has 130 valence electrons. The van der Waals surface area contributed by atoms with Crippen LogP contribution in [0.25, 0.3) is 5.69 Å². The first-order chi connectivity index (χ1) is 10.8. The van der Waals surface area contributed by atoms with Crippen molar-refractivity contribution in [3.05, 3.63) is 54.7 Å². The Labute approximate surface area is 139 Å². The van der Waals surface area contributed by atoms with E-state index in [-0.39, 0.29) is 16.9 Å². The number of nitrogens with zero attached hydrogens (tertiary/aromatic N) is 1. The third-order valence-corrected chi connectivity index (χ3v) is 3.85. The van der Waals surface area contributed by atoms with Crippen LogP contribution in [-0.4, -0.2) is 19.6 Å². The van der Waals surface area contributed by atoms with Crippen LogP contribution in [0.2, 0.25) is 0 Å². The molecule has 0 spiro atoms. The van der Waals surface area contributed by atoms with Crippen molar-refractivity contribution in [3.63, 3.8) is 0 Å². The van der Waals surface area contributed by atoms with Gasteiger partial charge in [-0.15, -0.1) is 0 Å². The number of aromatic amines is 2. The molecule has 0 bridgehead atoms. The molecule has 0 atom stereocenters. The third-order valence-electron chi connectivity index (χ3n) is 3.85. The van der Waals surface area contributed by atoms with Crippen molar-refractivity contribution in [2.24, 2.45) is 0 Å². The molecule has 1 aromatic heterocycles. The normalized spacial score (nSPS) is 12.4. The largest absolute Gasteiger partial charge is 0.505 e. The predicted octanol–water partition coefficient (Wildman–Crippen LogP) is 1.51. The van der Waals surface area contributed by atoms with Crippen molar-refractivity contribution < 1.29 is 5.11 Å². The third kappa shape index (κ3) is 3.20. The van der Waals surface area contributed by atoms with Gasteiger partial charge < -0.3 is 5.11 Å². The molecule has 0 fully saturated rings. The van der Waals surface area contributed by atoms with Crippen molar-refractivity contribution in [2.75, 3.05) is 0 Å². The Morgan fingerprint density at radius 3 is 1.79 bits per heavy atom. The molecule has 2 rings (SSSR count). The maximum absolute atomic E-state index is 12.1. The minimum absolute atomic E-state index is 0.0508. The molecular formula is C17H23N3O4. The van der Waals surface area contributed by atoms with E-state index in [1.165, 1.54) is 0 Å². The number of phenolic OH excluding ortho intramolecular Hbond substituents is 1. The topological polar surface area (TPSA) is 108 Å². The summed E-state index contributed by atoms with van der Waals surface area (Å²) in [5.74, 6) is -0.157. The average Bonchev–Trinajstić information content (AvgIpc) is 2.36. The molecule has 0 aliphatic carbocycles. The number of rotatable bonds is 1. The first kappa shape index (κ1) is 17.8. The molecule has 0 saturated carbocycles. The molecular weight excluding hydrogens is 310 g/mol. The van der Waals surface area contributed by atoms with E-state index < -0.39 is 22.5 Å². The van der Waals surface area contributed by atoms with Gasteiger partial charge in [-0.25, -0.2) is 19.0 Å². The van der Waals surface area contributed by atoms with Gasteiger partial charge in [-0.05, 0) is 22.5 Å². The van der Waals surface area contributed by atoms with Gasteiger partial charge in [0.1, 0.15) is 5.75 Å². The minimum atomic E-state index is -0.898. The van der Waals surface area contributed by atoms with Gasteiger partial charge in [0.25, 0.3) is 0 Å². The number of aromatic hydroxyl groups is 1. The second-order valence-corrected chi connectivity index (χ2v) is 7.92. The van der Waals surface area contributed by atoms with Crippen molar-refractivity contribution >= 4 is 0 Å². The van der Waals surface area contributed by atoms with Crippen LogP contribution >= 0.6 is 0 Å². The first-order valence-corrected chi connectivity index (χ1v) is 7.66. The average molecular weight is 333 g/mol. The number of H-pyrrole nitrogens is 2. The molecule has 0 unspecified atom stereocenters. The summed E-state index contributed by atoms with van der Waals surface area (Å²) < 4.78 is 0.737. The highest BCUT2D eigenvalue weighted by molar-refractivity contribution is 5.56. The van der Waals surface area contributed by atoms with Crippen molar-refractivity contribution in [3.8, 4) is 11.4 Å². The molecule has 0 aliphatic rings. The smallest absolute Gasteiger partial charge is 0.338 e. The Morgan fingerprint density at radius 2 is 1.38 bits per heavy atom. The first-order valence-electron chi connectivity index (χ1n) is 7.66. The zero-order chi connectivity index (χ0) is 18.4. The van der Waals surface area contributed by atoms with E-state index in [0.29, 0.717) is 5.56 Å². The predicted molar refractivity (Wildman–Crippen MR) is 92.3 cm³/mol. The highest BCUT2D eigenvalue weighted by Crippen LogP contribution is 2.38. The number of nitrogens with one attached hydrogen (secondary N) is 2. The van der Waals surface area contributed by atoms with Crippen LogP contribution < -0.4 is 17.1 Å². The van der Waals surface area contributed by atoms with E-state index in [2.05, 4.69) is 0 Å². The van der Waals surface area contributed by atoms with E-state index in [9.17, 15) is 19.5 Å². The van der Waals surface area contributed by atoms with Gasteiger partial charge in [0.15, 0.2) is 0 Å².